The lowest BCUT2D eigenvalue weighted by molar-refractivity contribution is -0.148. The van der Waals surface area contributed by atoms with Gasteiger partial charge in [0.15, 0.2) is 11.8 Å². The summed E-state index contributed by atoms with van der Waals surface area (Å²) < 4.78 is 15.4. The van der Waals surface area contributed by atoms with Crippen molar-refractivity contribution < 1.29 is 28.9 Å². The Hall–Kier alpha value is -1.18. The first-order valence-electron chi connectivity index (χ1n) is 6.77. The quantitative estimate of drug-likeness (QED) is 0.481. The van der Waals surface area contributed by atoms with Gasteiger partial charge in [0.05, 0.1) is 26.9 Å². The second-order valence-electron chi connectivity index (χ2n) is 4.86. The predicted octanol–water partition coefficient (Wildman–Crippen LogP) is -0.0401. The Kier molecular flexibility index (Phi) is 6.90. The van der Waals surface area contributed by atoms with Gasteiger partial charge in [0, 0.05) is 12.8 Å². The minimum atomic E-state index is -0.994. The number of carbonyl (C=O) groups excluding carboxylic acids is 2. The van der Waals surface area contributed by atoms with Crippen LogP contribution in [0.5, 0.6) is 0 Å². The van der Waals surface area contributed by atoms with E-state index in [4.69, 9.17) is 14.6 Å². The highest BCUT2D eigenvalue weighted by Gasteiger charge is 2.30. The monoisotopic (exact) mass is 289 g/mol. The van der Waals surface area contributed by atoms with Gasteiger partial charge in [0.25, 0.3) is 0 Å². The second-order valence-corrected chi connectivity index (χ2v) is 4.86. The third kappa shape index (κ3) is 5.44. The van der Waals surface area contributed by atoms with Crippen LogP contribution in [-0.4, -0.2) is 55.7 Å². The van der Waals surface area contributed by atoms with E-state index in [1.54, 1.807) is 0 Å². The lowest BCUT2D eigenvalue weighted by atomic mass is 10.1. The van der Waals surface area contributed by atoms with Crippen molar-refractivity contribution in [3.63, 3.8) is 0 Å². The number of carbonyl (C=O) groups is 2. The maximum absolute atomic E-state index is 11.6. The summed E-state index contributed by atoms with van der Waals surface area (Å²) in [5.41, 5.74) is 0. The summed E-state index contributed by atoms with van der Waals surface area (Å²) in [7, 11) is 1.21. The summed E-state index contributed by atoms with van der Waals surface area (Å²) in [6.07, 6.45) is 2.45. The zero-order valence-corrected chi connectivity index (χ0v) is 12.0. The molecular formula is C13H23NO6. The summed E-state index contributed by atoms with van der Waals surface area (Å²) in [5, 5.41) is 11.4. The Morgan fingerprint density at radius 1 is 1.35 bits per heavy atom. The van der Waals surface area contributed by atoms with Gasteiger partial charge < -0.3 is 24.6 Å². The number of ether oxygens (including phenoxy) is 3. The number of amides is 1. The molecule has 1 heterocycles. The number of rotatable bonds is 8. The normalized spacial score (nSPS) is 18.6. The van der Waals surface area contributed by atoms with E-state index in [0.29, 0.717) is 19.6 Å². The van der Waals surface area contributed by atoms with Gasteiger partial charge in [-0.05, 0) is 19.8 Å². The van der Waals surface area contributed by atoms with Crippen molar-refractivity contribution in [1.82, 2.24) is 5.32 Å². The van der Waals surface area contributed by atoms with Crippen LogP contribution in [0.2, 0.25) is 0 Å². The molecule has 0 bridgehead atoms. The van der Waals surface area contributed by atoms with E-state index >= 15 is 0 Å². The van der Waals surface area contributed by atoms with Crippen LogP contribution in [0.1, 0.15) is 32.6 Å². The summed E-state index contributed by atoms with van der Waals surface area (Å²) in [4.78, 5) is 22.8. The lowest BCUT2D eigenvalue weighted by Gasteiger charge is -2.21. The van der Waals surface area contributed by atoms with Gasteiger partial charge in [0.2, 0.25) is 5.91 Å². The summed E-state index contributed by atoms with van der Waals surface area (Å²) in [6, 6.07) is -0.994. The number of hydrogen-bond donors (Lipinski definition) is 2. The number of aliphatic hydroxyl groups is 1. The van der Waals surface area contributed by atoms with Crippen LogP contribution in [0.4, 0.5) is 0 Å². The maximum Gasteiger partial charge on any atom is 0.330 e. The first kappa shape index (κ1) is 16.9. The van der Waals surface area contributed by atoms with Gasteiger partial charge in [-0.2, -0.15) is 0 Å². The highest BCUT2D eigenvalue weighted by molar-refractivity contribution is 5.84. The third-order valence-electron chi connectivity index (χ3n) is 3.19. The van der Waals surface area contributed by atoms with Gasteiger partial charge in [-0.1, -0.05) is 0 Å². The SMILES string of the molecule is COC(=O)C(CO)NC(=O)CCCCC1(C)OCCO1. The van der Waals surface area contributed by atoms with Gasteiger partial charge in [-0.25, -0.2) is 4.79 Å². The van der Waals surface area contributed by atoms with Crippen molar-refractivity contribution in [2.75, 3.05) is 26.9 Å². The second kappa shape index (κ2) is 8.18. The minimum Gasteiger partial charge on any atom is -0.467 e. The summed E-state index contributed by atoms with van der Waals surface area (Å²) >= 11 is 0. The fourth-order valence-corrected chi connectivity index (χ4v) is 2.02. The average Bonchev–Trinajstić information content (AvgIpc) is 2.87. The highest BCUT2D eigenvalue weighted by atomic mass is 16.7. The van der Waals surface area contributed by atoms with Crippen molar-refractivity contribution in [3.05, 3.63) is 0 Å². The van der Waals surface area contributed by atoms with Gasteiger partial charge in [-0.3, -0.25) is 4.79 Å². The molecule has 1 aliphatic rings. The van der Waals surface area contributed by atoms with Crippen LogP contribution >= 0.6 is 0 Å². The molecule has 0 radical (unpaired) electrons. The summed E-state index contributed by atoms with van der Waals surface area (Å²) in [5.74, 6) is -1.47. The number of unbranched alkanes of at least 4 members (excludes halogenated alkanes) is 1. The Morgan fingerprint density at radius 3 is 2.55 bits per heavy atom. The molecule has 0 saturated carbocycles. The molecule has 0 spiro atoms. The van der Waals surface area contributed by atoms with Gasteiger partial charge >= 0.3 is 5.97 Å². The number of esters is 1. The number of hydrogen-bond acceptors (Lipinski definition) is 6. The molecule has 0 aromatic carbocycles. The highest BCUT2D eigenvalue weighted by Crippen LogP contribution is 2.24. The fourth-order valence-electron chi connectivity index (χ4n) is 2.02. The van der Waals surface area contributed by atoms with Crippen molar-refractivity contribution in [2.24, 2.45) is 0 Å². The van der Waals surface area contributed by atoms with Crippen LogP contribution < -0.4 is 5.32 Å². The van der Waals surface area contributed by atoms with Crippen LogP contribution in [0.15, 0.2) is 0 Å². The molecule has 1 saturated heterocycles. The molecule has 7 nitrogen and oxygen atoms in total. The number of nitrogens with one attached hydrogen (secondary N) is 1. The topological polar surface area (TPSA) is 94.1 Å². The molecule has 1 fully saturated rings. The third-order valence-corrected chi connectivity index (χ3v) is 3.19. The average molecular weight is 289 g/mol. The lowest BCUT2D eigenvalue weighted by Crippen LogP contribution is -2.43. The first-order chi connectivity index (χ1) is 9.50. The zero-order valence-electron chi connectivity index (χ0n) is 12.0. The van der Waals surface area contributed by atoms with Crippen LogP contribution in [0, 0.1) is 0 Å². The van der Waals surface area contributed by atoms with Crippen molar-refractivity contribution >= 4 is 11.9 Å². The van der Waals surface area contributed by atoms with Crippen LogP contribution in [-0.2, 0) is 23.8 Å². The molecule has 1 atom stereocenters. The predicted molar refractivity (Wildman–Crippen MR) is 69.8 cm³/mol. The molecule has 1 amide bonds. The Labute approximate surface area is 118 Å². The largest absolute Gasteiger partial charge is 0.467 e. The number of methoxy groups -OCH3 is 1. The standard InChI is InChI=1S/C13H23NO6/c1-13(19-7-8-20-13)6-4-3-5-11(16)14-10(9-15)12(17)18-2/h10,15H,3-9H2,1-2H3,(H,14,16). The van der Waals surface area contributed by atoms with Crippen LogP contribution in [0.25, 0.3) is 0 Å². The van der Waals surface area contributed by atoms with Gasteiger partial charge in [-0.15, -0.1) is 0 Å². The smallest absolute Gasteiger partial charge is 0.330 e. The molecule has 0 aromatic rings. The molecule has 1 unspecified atom stereocenters. The van der Waals surface area contributed by atoms with E-state index in [0.717, 1.165) is 12.8 Å². The molecule has 2 N–H and O–H groups in total. The zero-order chi connectivity index (χ0) is 15.0. The molecule has 0 aromatic heterocycles. The molecule has 20 heavy (non-hydrogen) atoms. The summed E-state index contributed by atoms with van der Waals surface area (Å²) in [6.45, 7) is 2.62. The van der Waals surface area contributed by atoms with E-state index in [-0.39, 0.29) is 12.3 Å². The number of aliphatic hydroxyl groups excluding tert-OH is 1. The maximum atomic E-state index is 11.6. The van der Waals surface area contributed by atoms with E-state index in [1.165, 1.54) is 7.11 Å². The van der Waals surface area contributed by atoms with Crippen molar-refractivity contribution in [1.29, 1.82) is 0 Å². The van der Waals surface area contributed by atoms with Gasteiger partial charge in [0.1, 0.15) is 0 Å². The Morgan fingerprint density at radius 2 is 2.00 bits per heavy atom. The van der Waals surface area contributed by atoms with E-state index in [9.17, 15) is 9.59 Å². The fraction of sp³-hybridized carbons (Fsp3) is 0.846. The minimum absolute atomic E-state index is 0.281. The van der Waals surface area contributed by atoms with E-state index < -0.39 is 24.4 Å². The molecule has 0 aliphatic carbocycles. The Bertz CT molecular complexity index is 327. The molecule has 1 aliphatic heterocycles. The molecule has 1 rings (SSSR count). The molecule has 116 valence electrons. The Balaban J connectivity index is 2.17. The van der Waals surface area contributed by atoms with Crippen LogP contribution in [0.3, 0.4) is 0 Å². The van der Waals surface area contributed by atoms with E-state index in [2.05, 4.69) is 10.1 Å². The van der Waals surface area contributed by atoms with Crippen molar-refractivity contribution in [3.8, 4) is 0 Å². The van der Waals surface area contributed by atoms with Crippen molar-refractivity contribution in [2.45, 2.75) is 44.4 Å². The first-order valence-corrected chi connectivity index (χ1v) is 6.77. The van der Waals surface area contributed by atoms with E-state index in [1.807, 2.05) is 6.92 Å². The molecule has 7 heteroatoms. The molecular weight excluding hydrogens is 266 g/mol.